The molecule has 0 saturated heterocycles. The lowest BCUT2D eigenvalue weighted by Crippen LogP contribution is -2.52. The topological polar surface area (TPSA) is 96.0 Å². The number of anilines is 1. The Hall–Kier alpha value is -2.49. The van der Waals surface area contributed by atoms with Crippen molar-refractivity contribution >= 4 is 50.7 Å². The van der Waals surface area contributed by atoms with Gasteiger partial charge in [-0.25, -0.2) is 8.42 Å². The number of hydrogen-bond acceptors (Lipinski definition) is 5. The maximum Gasteiger partial charge on any atom is 0.244 e. The van der Waals surface area contributed by atoms with E-state index in [0.29, 0.717) is 5.75 Å². The van der Waals surface area contributed by atoms with Crippen LogP contribution in [0.2, 0.25) is 10.0 Å². The van der Waals surface area contributed by atoms with Crippen LogP contribution >= 0.6 is 23.2 Å². The van der Waals surface area contributed by atoms with Gasteiger partial charge < -0.3 is 15.0 Å². The second-order valence-corrected chi connectivity index (χ2v) is 12.0. The van der Waals surface area contributed by atoms with Gasteiger partial charge in [0.05, 0.1) is 29.1 Å². The highest BCUT2D eigenvalue weighted by Gasteiger charge is 2.31. The minimum atomic E-state index is -3.86. The van der Waals surface area contributed by atoms with Gasteiger partial charge in [-0.05, 0) is 55.7 Å². The van der Waals surface area contributed by atoms with E-state index in [0.717, 1.165) is 48.2 Å². The second-order valence-electron chi connectivity index (χ2n) is 9.26. The van der Waals surface area contributed by atoms with E-state index in [1.165, 1.54) is 23.1 Å². The van der Waals surface area contributed by atoms with Gasteiger partial charge in [-0.2, -0.15) is 0 Å². The molecule has 11 heteroatoms. The lowest BCUT2D eigenvalue weighted by atomic mass is 9.95. The number of carbonyl (C=O) groups excluding carboxylic acids is 2. The quantitative estimate of drug-likeness (QED) is 0.449. The van der Waals surface area contributed by atoms with Gasteiger partial charge in [0.15, 0.2) is 0 Å². The molecular formula is C26H33Cl2N3O5S. The zero-order chi connectivity index (χ0) is 27.2. The normalized spacial score (nSPS) is 15.1. The molecule has 0 heterocycles. The molecule has 202 valence electrons. The number of carbonyl (C=O) groups is 2. The van der Waals surface area contributed by atoms with Crippen LogP contribution in [-0.2, 0) is 26.2 Å². The number of ether oxygens (including phenoxy) is 1. The number of halogens is 2. The maximum absolute atomic E-state index is 13.6. The van der Waals surface area contributed by atoms with Crippen LogP contribution in [0.15, 0.2) is 42.5 Å². The highest BCUT2D eigenvalue weighted by molar-refractivity contribution is 7.92. The fourth-order valence-corrected chi connectivity index (χ4v) is 5.47. The minimum absolute atomic E-state index is 0.0744. The molecule has 2 aromatic rings. The first-order valence-corrected chi connectivity index (χ1v) is 14.8. The molecule has 0 bridgehead atoms. The molecule has 0 spiro atoms. The van der Waals surface area contributed by atoms with E-state index >= 15 is 0 Å². The molecule has 0 unspecified atom stereocenters. The first-order chi connectivity index (χ1) is 17.5. The zero-order valence-electron chi connectivity index (χ0n) is 21.2. The number of rotatable bonds is 10. The van der Waals surface area contributed by atoms with Crippen molar-refractivity contribution in [2.24, 2.45) is 0 Å². The second kappa shape index (κ2) is 12.8. The summed E-state index contributed by atoms with van der Waals surface area (Å²) in [4.78, 5) is 28.2. The fraction of sp³-hybridized carbons (Fsp3) is 0.462. The zero-order valence-corrected chi connectivity index (χ0v) is 23.6. The van der Waals surface area contributed by atoms with E-state index in [2.05, 4.69) is 5.32 Å². The third-order valence-corrected chi connectivity index (χ3v) is 8.38. The predicted octanol–water partition coefficient (Wildman–Crippen LogP) is 4.63. The van der Waals surface area contributed by atoms with Crippen LogP contribution in [0.1, 0.15) is 44.6 Å². The molecule has 1 aliphatic carbocycles. The molecule has 2 aromatic carbocycles. The molecule has 0 aromatic heterocycles. The largest absolute Gasteiger partial charge is 0.497 e. The Kier molecular flexibility index (Phi) is 10.1. The number of nitrogens with zero attached hydrogens (tertiary/aromatic N) is 2. The van der Waals surface area contributed by atoms with Gasteiger partial charge in [0.1, 0.15) is 18.3 Å². The van der Waals surface area contributed by atoms with Crippen molar-refractivity contribution in [3.05, 3.63) is 58.1 Å². The van der Waals surface area contributed by atoms with E-state index in [9.17, 15) is 18.0 Å². The van der Waals surface area contributed by atoms with E-state index in [-0.39, 0.29) is 34.2 Å². The number of amides is 2. The predicted molar refractivity (Wildman–Crippen MR) is 147 cm³/mol. The molecule has 2 amide bonds. The van der Waals surface area contributed by atoms with Gasteiger partial charge in [0, 0.05) is 12.6 Å². The summed E-state index contributed by atoms with van der Waals surface area (Å²) in [5.41, 5.74) is 0.973. The molecule has 1 atom stereocenters. The van der Waals surface area contributed by atoms with Gasteiger partial charge in [-0.15, -0.1) is 0 Å². The SMILES string of the molecule is COc1ccc(CN(C(=O)CN(c2ccc(Cl)c(Cl)c2)S(C)(=O)=O)[C@H](C)C(=O)NC2CCCCC2)cc1. The molecule has 0 radical (unpaired) electrons. The summed E-state index contributed by atoms with van der Waals surface area (Å²) < 4.78 is 31.5. The van der Waals surface area contributed by atoms with Crippen molar-refractivity contribution < 1.29 is 22.7 Å². The number of sulfonamides is 1. The van der Waals surface area contributed by atoms with E-state index in [1.54, 1.807) is 38.3 Å². The van der Waals surface area contributed by atoms with Gasteiger partial charge >= 0.3 is 0 Å². The maximum atomic E-state index is 13.6. The lowest BCUT2D eigenvalue weighted by Gasteiger charge is -2.33. The Morgan fingerprint density at radius 3 is 2.27 bits per heavy atom. The van der Waals surface area contributed by atoms with Crippen LogP contribution in [0.4, 0.5) is 5.69 Å². The lowest BCUT2D eigenvalue weighted by molar-refractivity contribution is -0.139. The molecule has 37 heavy (non-hydrogen) atoms. The van der Waals surface area contributed by atoms with Crippen molar-refractivity contribution in [3.63, 3.8) is 0 Å². The van der Waals surface area contributed by atoms with Gasteiger partial charge in [-0.1, -0.05) is 54.6 Å². The highest BCUT2D eigenvalue weighted by atomic mass is 35.5. The van der Waals surface area contributed by atoms with Gasteiger partial charge in [-0.3, -0.25) is 13.9 Å². The van der Waals surface area contributed by atoms with Crippen molar-refractivity contribution in [2.75, 3.05) is 24.2 Å². The first kappa shape index (κ1) is 29.1. The third kappa shape index (κ3) is 7.99. The highest BCUT2D eigenvalue weighted by Crippen LogP contribution is 2.29. The van der Waals surface area contributed by atoms with E-state index in [4.69, 9.17) is 27.9 Å². The summed E-state index contributed by atoms with van der Waals surface area (Å²) in [6, 6.07) is 10.7. The fourth-order valence-electron chi connectivity index (χ4n) is 4.33. The summed E-state index contributed by atoms with van der Waals surface area (Å²) in [7, 11) is -2.30. The average Bonchev–Trinajstić information content (AvgIpc) is 2.87. The molecular weight excluding hydrogens is 537 g/mol. The molecule has 1 aliphatic rings. The smallest absolute Gasteiger partial charge is 0.244 e. The van der Waals surface area contributed by atoms with Crippen LogP contribution < -0.4 is 14.4 Å². The van der Waals surface area contributed by atoms with Gasteiger partial charge in [0.25, 0.3) is 0 Å². The molecule has 3 rings (SSSR count). The molecule has 8 nitrogen and oxygen atoms in total. The number of nitrogens with one attached hydrogen (secondary N) is 1. The van der Waals surface area contributed by atoms with Crippen LogP contribution in [0.25, 0.3) is 0 Å². The summed E-state index contributed by atoms with van der Waals surface area (Å²) >= 11 is 12.1. The monoisotopic (exact) mass is 569 g/mol. The van der Waals surface area contributed by atoms with Crippen LogP contribution in [0, 0.1) is 0 Å². The molecule has 1 N–H and O–H groups in total. The third-order valence-electron chi connectivity index (χ3n) is 6.50. The number of methoxy groups -OCH3 is 1. The van der Waals surface area contributed by atoms with E-state index < -0.39 is 28.5 Å². The summed E-state index contributed by atoms with van der Waals surface area (Å²) in [6.45, 7) is 1.26. The van der Waals surface area contributed by atoms with Crippen molar-refractivity contribution in [1.82, 2.24) is 10.2 Å². The standard InChI is InChI=1S/C26H33Cl2N3O5S/c1-18(26(33)29-20-7-5-4-6-8-20)30(16-19-9-12-22(36-2)13-10-19)25(32)17-31(37(3,34)35)21-11-14-23(27)24(28)15-21/h9-15,18,20H,4-8,16-17H2,1-3H3,(H,29,33)/t18-/m1/s1. The Bertz CT molecular complexity index is 1200. The molecule has 1 saturated carbocycles. The summed E-state index contributed by atoms with van der Waals surface area (Å²) in [5.74, 6) is -0.139. The molecule has 1 fully saturated rings. The Balaban J connectivity index is 1.88. The van der Waals surface area contributed by atoms with Crippen molar-refractivity contribution in [3.8, 4) is 5.75 Å². The first-order valence-electron chi connectivity index (χ1n) is 12.1. The Morgan fingerprint density at radius 2 is 1.70 bits per heavy atom. The Morgan fingerprint density at radius 1 is 1.05 bits per heavy atom. The summed E-state index contributed by atoms with van der Waals surface area (Å²) in [6.07, 6.45) is 6.09. The van der Waals surface area contributed by atoms with Crippen LogP contribution in [0.3, 0.4) is 0 Å². The molecule has 0 aliphatic heterocycles. The van der Waals surface area contributed by atoms with Crippen LogP contribution in [-0.4, -0.2) is 57.1 Å². The average molecular weight is 571 g/mol. The summed E-state index contributed by atoms with van der Waals surface area (Å²) in [5, 5.41) is 3.50. The van der Waals surface area contributed by atoms with Crippen LogP contribution in [0.5, 0.6) is 5.75 Å². The minimum Gasteiger partial charge on any atom is -0.497 e. The Labute approximate surface area is 228 Å². The van der Waals surface area contributed by atoms with Crippen molar-refractivity contribution in [1.29, 1.82) is 0 Å². The number of benzene rings is 2. The number of hydrogen-bond donors (Lipinski definition) is 1. The van der Waals surface area contributed by atoms with Crippen molar-refractivity contribution in [2.45, 2.75) is 57.7 Å². The van der Waals surface area contributed by atoms with Gasteiger partial charge in [0.2, 0.25) is 21.8 Å². The van der Waals surface area contributed by atoms with E-state index in [1.807, 2.05) is 0 Å².